The number of rotatable bonds is 3. The van der Waals surface area contributed by atoms with Crippen LogP contribution >= 0.6 is 0 Å². The van der Waals surface area contributed by atoms with Crippen LogP contribution in [0.4, 0.5) is 0 Å². The summed E-state index contributed by atoms with van der Waals surface area (Å²) in [5, 5.41) is 3.08. The zero-order valence-electron chi connectivity index (χ0n) is 9.12. The van der Waals surface area contributed by atoms with E-state index in [1.165, 1.54) is 0 Å². The molecule has 0 amide bonds. The van der Waals surface area contributed by atoms with Crippen LogP contribution in [0.5, 0.6) is 0 Å². The minimum atomic E-state index is 0.355. The molecule has 1 aliphatic heterocycles. The van der Waals surface area contributed by atoms with Crippen LogP contribution in [0.15, 0.2) is 4.99 Å². The Bertz CT molecular complexity index is 186. The molecule has 0 spiro atoms. The lowest BCUT2D eigenvalue weighted by atomic mass is 10.0. The maximum absolute atomic E-state index is 5.70. The first-order chi connectivity index (χ1) is 6.68. The Kier molecular flexibility index (Phi) is 4.73. The molecule has 14 heavy (non-hydrogen) atoms. The third-order valence-corrected chi connectivity index (χ3v) is 2.30. The second kappa shape index (κ2) is 5.86. The molecule has 0 radical (unpaired) electrons. The molecule has 1 saturated heterocycles. The molecule has 0 aromatic carbocycles. The van der Waals surface area contributed by atoms with Crippen molar-refractivity contribution in [3.05, 3.63) is 0 Å². The average Bonchev–Trinajstić information content (AvgIpc) is 2.15. The molecule has 4 nitrogen and oxygen atoms in total. The van der Waals surface area contributed by atoms with E-state index in [-0.39, 0.29) is 0 Å². The van der Waals surface area contributed by atoms with Crippen LogP contribution in [0.2, 0.25) is 0 Å². The molecular formula is C10H21N3O. The van der Waals surface area contributed by atoms with Crippen molar-refractivity contribution in [1.29, 1.82) is 0 Å². The Morgan fingerprint density at radius 3 is 2.71 bits per heavy atom. The number of ether oxygens (including phenoxy) is 1. The summed E-state index contributed by atoms with van der Waals surface area (Å²) in [5.41, 5.74) is 5.70. The van der Waals surface area contributed by atoms with Gasteiger partial charge in [-0.15, -0.1) is 0 Å². The van der Waals surface area contributed by atoms with Gasteiger partial charge in [0, 0.05) is 25.8 Å². The van der Waals surface area contributed by atoms with Gasteiger partial charge in [0.2, 0.25) is 0 Å². The Morgan fingerprint density at radius 1 is 1.50 bits per heavy atom. The minimum absolute atomic E-state index is 0.355. The standard InChI is InChI=1S/C10H21N3O/c1-8(2)13-10(11)12-7-9-3-5-14-6-4-9/h8-9H,3-7H2,1-2H3,(H3,11,12,13). The fourth-order valence-corrected chi connectivity index (χ4v) is 1.50. The van der Waals surface area contributed by atoms with Crippen molar-refractivity contribution in [3.63, 3.8) is 0 Å². The summed E-state index contributed by atoms with van der Waals surface area (Å²) in [6.45, 7) is 6.68. The van der Waals surface area contributed by atoms with Gasteiger partial charge in [-0.1, -0.05) is 0 Å². The van der Waals surface area contributed by atoms with E-state index in [1.54, 1.807) is 0 Å². The Hall–Kier alpha value is -0.770. The van der Waals surface area contributed by atoms with Gasteiger partial charge < -0.3 is 15.8 Å². The average molecular weight is 199 g/mol. The Balaban J connectivity index is 2.22. The SMILES string of the molecule is CC(C)NC(N)=NCC1CCOCC1. The van der Waals surface area contributed by atoms with Crippen molar-refractivity contribution in [3.8, 4) is 0 Å². The minimum Gasteiger partial charge on any atom is -0.381 e. The van der Waals surface area contributed by atoms with E-state index in [0.29, 0.717) is 17.9 Å². The molecular weight excluding hydrogens is 178 g/mol. The van der Waals surface area contributed by atoms with Gasteiger partial charge in [0.05, 0.1) is 0 Å². The molecule has 3 N–H and O–H groups in total. The molecule has 1 aliphatic rings. The molecule has 0 aromatic heterocycles. The maximum Gasteiger partial charge on any atom is 0.188 e. The number of nitrogens with one attached hydrogen (secondary N) is 1. The third kappa shape index (κ3) is 4.46. The summed E-state index contributed by atoms with van der Waals surface area (Å²) in [7, 11) is 0. The first kappa shape index (κ1) is 11.3. The van der Waals surface area contributed by atoms with Crippen molar-refractivity contribution in [2.75, 3.05) is 19.8 Å². The molecule has 0 unspecified atom stereocenters. The van der Waals surface area contributed by atoms with Crippen molar-refractivity contribution < 1.29 is 4.74 Å². The molecule has 1 fully saturated rings. The van der Waals surface area contributed by atoms with E-state index in [4.69, 9.17) is 10.5 Å². The van der Waals surface area contributed by atoms with E-state index >= 15 is 0 Å². The molecule has 82 valence electrons. The van der Waals surface area contributed by atoms with E-state index in [0.717, 1.165) is 32.6 Å². The fourth-order valence-electron chi connectivity index (χ4n) is 1.50. The fraction of sp³-hybridized carbons (Fsp3) is 0.900. The molecule has 1 heterocycles. The third-order valence-electron chi connectivity index (χ3n) is 2.30. The van der Waals surface area contributed by atoms with E-state index < -0.39 is 0 Å². The first-order valence-electron chi connectivity index (χ1n) is 5.32. The Morgan fingerprint density at radius 2 is 2.14 bits per heavy atom. The normalized spacial score (nSPS) is 20.1. The number of aliphatic imine (C=N–C) groups is 1. The predicted octanol–water partition coefficient (Wildman–Crippen LogP) is 0.726. The van der Waals surface area contributed by atoms with Gasteiger partial charge in [-0.05, 0) is 32.6 Å². The van der Waals surface area contributed by atoms with Gasteiger partial charge >= 0.3 is 0 Å². The van der Waals surface area contributed by atoms with Gasteiger partial charge in [-0.3, -0.25) is 4.99 Å². The van der Waals surface area contributed by atoms with Crippen molar-refractivity contribution in [2.24, 2.45) is 16.6 Å². The highest BCUT2D eigenvalue weighted by Crippen LogP contribution is 2.14. The molecule has 0 bridgehead atoms. The van der Waals surface area contributed by atoms with Crippen LogP contribution in [-0.4, -0.2) is 31.8 Å². The number of hydrogen-bond donors (Lipinski definition) is 2. The highest BCUT2D eigenvalue weighted by molar-refractivity contribution is 5.78. The van der Waals surface area contributed by atoms with Crippen LogP contribution in [0, 0.1) is 5.92 Å². The van der Waals surface area contributed by atoms with Crippen molar-refractivity contribution >= 4 is 5.96 Å². The van der Waals surface area contributed by atoms with Crippen LogP contribution in [0.3, 0.4) is 0 Å². The number of nitrogens with two attached hydrogens (primary N) is 1. The monoisotopic (exact) mass is 199 g/mol. The molecule has 0 atom stereocenters. The van der Waals surface area contributed by atoms with Gasteiger partial charge in [-0.25, -0.2) is 0 Å². The molecule has 1 rings (SSSR count). The van der Waals surface area contributed by atoms with Crippen molar-refractivity contribution in [1.82, 2.24) is 5.32 Å². The van der Waals surface area contributed by atoms with Gasteiger partial charge in [-0.2, -0.15) is 0 Å². The topological polar surface area (TPSA) is 59.6 Å². The summed E-state index contributed by atoms with van der Waals surface area (Å²) in [6.07, 6.45) is 2.22. The second-order valence-electron chi connectivity index (χ2n) is 4.08. The van der Waals surface area contributed by atoms with Crippen LogP contribution in [0.1, 0.15) is 26.7 Å². The number of nitrogens with zero attached hydrogens (tertiary/aromatic N) is 1. The molecule has 0 aliphatic carbocycles. The summed E-state index contributed by atoms with van der Waals surface area (Å²) >= 11 is 0. The predicted molar refractivity (Wildman–Crippen MR) is 58.3 cm³/mol. The first-order valence-corrected chi connectivity index (χ1v) is 5.32. The number of guanidine groups is 1. The van der Waals surface area contributed by atoms with Gasteiger partial charge in [0.1, 0.15) is 0 Å². The summed E-state index contributed by atoms with van der Waals surface area (Å²) in [5.74, 6) is 1.21. The maximum atomic E-state index is 5.70. The zero-order chi connectivity index (χ0) is 10.4. The van der Waals surface area contributed by atoms with E-state index in [1.807, 2.05) is 0 Å². The van der Waals surface area contributed by atoms with Gasteiger partial charge in [0.25, 0.3) is 0 Å². The Labute approximate surface area is 85.9 Å². The highest BCUT2D eigenvalue weighted by Gasteiger charge is 2.12. The van der Waals surface area contributed by atoms with E-state index in [2.05, 4.69) is 24.2 Å². The lowest BCUT2D eigenvalue weighted by Crippen LogP contribution is -2.37. The lowest BCUT2D eigenvalue weighted by molar-refractivity contribution is 0.0689. The largest absolute Gasteiger partial charge is 0.381 e. The molecule has 0 aromatic rings. The smallest absolute Gasteiger partial charge is 0.188 e. The summed E-state index contributed by atoms with van der Waals surface area (Å²) < 4.78 is 5.28. The molecule has 4 heteroatoms. The quantitative estimate of drug-likeness (QED) is 0.520. The van der Waals surface area contributed by atoms with E-state index in [9.17, 15) is 0 Å². The number of hydrogen-bond acceptors (Lipinski definition) is 2. The second-order valence-corrected chi connectivity index (χ2v) is 4.08. The molecule has 0 saturated carbocycles. The van der Waals surface area contributed by atoms with Crippen LogP contribution in [-0.2, 0) is 4.74 Å². The van der Waals surface area contributed by atoms with Crippen LogP contribution in [0.25, 0.3) is 0 Å². The highest BCUT2D eigenvalue weighted by atomic mass is 16.5. The summed E-state index contributed by atoms with van der Waals surface area (Å²) in [6, 6.07) is 0.355. The zero-order valence-corrected chi connectivity index (χ0v) is 9.12. The van der Waals surface area contributed by atoms with Crippen molar-refractivity contribution in [2.45, 2.75) is 32.7 Å². The lowest BCUT2D eigenvalue weighted by Gasteiger charge is -2.20. The van der Waals surface area contributed by atoms with Crippen LogP contribution < -0.4 is 11.1 Å². The van der Waals surface area contributed by atoms with Gasteiger partial charge in [0.15, 0.2) is 5.96 Å². The summed E-state index contributed by atoms with van der Waals surface area (Å²) in [4.78, 5) is 4.32.